The number of nitrogens with zero attached hydrogens (tertiary/aromatic N) is 5. The maximum absolute atomic E-state index is 11.4. The predicted molar refractivity (Wildman–Crippen MR) is 135 cm³/mol. The Morgan fingerprint density at radius 1 is 1.28 bits per heavy atom. The van der Waals surface area contributed by atoms with Gasteiger partial charge in [-0.25, -0.2) is 0 Å². The summed E-state index contributed by atoms with van der Waals surface area (Å²) >= 11 is 0. The van der Waals surface area contributed by atoms with E-state index in [1.807, 2.05) is 26.3 Å². The lowest BCUT2D eigenvalue weighted by molar-refractivity contribution is -0.104. The molecule has 0 aromatic carbocycles. The molecule has 0 aliphatic carbocycles. The van der Waals surface area contributed by atoms with Gasteiger partial charge in [-0.1, -0.05) is 14.7 Å². The Hall–Kier alpha value is -2.56. The standard InChI is InChI=1S/C25H32N5OP/c1-17(2)29-9-6-20(7-10-29)22-16-28(5)25(13-26-22)32-24(8-11-31)21-12-23-19(4)27-18(3)14-30(23)15-21/h6,8,11-17,25,32H,7,9-10H2,1-5H3/b24-8-. The number of aliphatic imine (C=N–C) groups is 1. The Morgan fingerprint density at radius 2 is 2.09 bits per heavy atom. The zero-order chi connectivity index (χ0) is 22.8. The third-order valence-corrected chi connectivity index (χ3v) is 7.78. The van der Waals surface area contributed by atoms with E-state index in [1.165, 1.54) is 5.57 Å². The number of allylic oxidation sites excluding steroid dienone is 2. The molecule has 2 unspecified atom stereocenters. The third-order valence-electron chi connectivity index (χ3n) is 6.16. The molecule has 0 amide bonds. The highest BCUT2D eigenvalue weighted by Crippen LogP contribution is 2.40. The Kier molecular flexibility index (Phi) is 6.73. The molecule has 2 aromatic rings. The normalized spacial score (nSPS) is 20.5. The van der Waals surface area contributed by atoms with Gasteiger partial charge in [-0.05, 0) is 57.1 Å². The van der Waals surface area contributed by atoms with Gasteiger partial charge in [0.2, 0.25) is 0 Å². The summed E-state index contributed by atoms with van der Waals surface area (Å²) in [6.07, 6.45) is 14.2. The molecule has 0 N–H and O–H groups in total. The van der Waals surface area contributed by atoms with E-state index < -0.39 is 0 Å². The first-order valence-corrected chi connectivity index (χ1v) is 12.2. The molecule has 7 heteroatoms. The summed E-state index contributed by atoms with van der Waals surface area (Å²) in [6.45, 7) is 10.6. The Balaban J connectivity index is 1.51. The smallest absolute Gasteiger partial charge is 0.143 e. The van der Waals surface area contributed by atoms with Gasteiger partial charge in [-0.15, -0.1) is 0 Å². The maximum atomic E-state index is 11.4. The van der Waals surface area contributed by atoms with Crippen LogP contribution in [0.4, 0.5) is 0 Å². The fourth-order valence-electron chi connectivity index (χ4n) is 4.28. The Labute approximate surface area is 192 Å². The van der Waals surface area contributed by atoms with E-state index in [0.29, 0.717) is 14.6 Å². The van der Waals surface area contributed by atoms with E-state index in [4.69, 9.17) is 4.99 Å². The monoisotopic (exact) mass is 449 g/mol. The van der Waals surface area contributed by atoms with Gasteiger partial charge in [0.05, 0.1) is 28.4 Å². The van der Waals surface area contributed by atoms with E-state index in [9.17, 15) is 4.79 Å². The van der Waals surface area contributed by atoms with Gasteiger partial charge in [0.25, 0.3) is 0 Å². The SMILES string of the molecule is Cc1cn2cc(/C(=C/C=O)PC3C=NC(C4=CCN(C(C)C)CC4)=CN3C)cc2c(C)n1. The molecule has 2 aliphatic rings. The lowest BCUT2D eigenvalue weighted by atomic mass is 10.0. The first-order valence-electron chi connectivity index (χ1n) is 11.2. The van der Waals surface area contributed by atoms with Gasteiger partial charge in [0.1, 0.15) is 6.29 Å². The Bertz CT molecular complexity index is 1140. The van der Waals surface area contributed by atoms with Crippen LogP contribution in [0.1, 0.15) is 37.2 Å². The van der Waals surface area contributed by atoms with Crippen molar-refractivity contribution in [2.75, 3.05) is 20.1 Å². The van der Waals surface area contributed by atoms with E-state index in [0.717, 1.165) is 59.3 Å². The van der Waals surface area contributed by atoms with Crippen LogP contribution in [-0.4, -0.2) is 63.6 Å². The number of hydrogen-bond donors (Lipinski definition) is 0. The molecule has 32 heavy (non-hydrogen) atoms. The van der Waals surface area contributed by atoms with Crippen molar-refractivity contribution in [1.29, 1.82) is 0 Å². The van der Waals surface area contributed by atoms with E-state index >= 15 is 0 Å². The summed E-state index contributed by atoms with van der Waals surface area (Å²) in [4.78, 5) is 25.5. The molecule has 168 valence electrons. The van der Waals surface area contributed by atoms with Gasteiger partial charge in [-0.3, -0.25) is 19.7 Å². The third kappa shape index (κ3) is 4.77. The average molecular weight is 450 g/mol. The number of carbonyl (C=O) groups excluding carboxylic acids is 1. The van der Waals surface area contributed by atoms with Crippen molar-refractivity contribution in [2.24, 2.45) is 4.99 Å². The number of aromatic nitrogens is 2. The first-order chi connectivity index (χ1) is 15.4. The molecule has 0 radical (unpaired) electrons. The van der Waals surface area contributed by atoms with Crippen molar-refractivity contribution in [3.63, 3.8) is 0 Å². The predicted octanol–water partition coefficient (Wildman–Crippen LogP) is 4.39. The second-order valence-corrected chi connectivity index (χ2v) is 10.2. The topological polar surface area (TPSA) is 53.2 Å². The summed E-state index contributed by atoms with van der Waals surface area (Å²) < 4.78 is 2.10. The molecule has 0 saturated carbocycles. The van der Waals surface area contributed by atoms with Crippen molar-refractivity contribution >= 4 is 31.9 Å². The summed E-state index contributed by atoms with van der Waals surface area (Å²) in [7, 11) is 2.50. The van der Waals surface area contributed by atoms with Crippen LogP contribution in [0.15, 0.2) is 53.1 Å². The van der Waals surface area contributed by atoms with Gasteiger partial charge < -0.3 is 9.30 Å². The van der Waals surface area contributed by atoms with Crippen LogP contribution in [0.25, 0.3) is 10.8 Å². The molecule has 2 aliphatic heterocycles. The molecular formula is C25H32N5OP. The molecule has 0 saturated heterocycles. The summed E-state index contributed by atoms with van der Waals surface area (Å²) in [6, 6.07) is 2.70. The molecule has 0 spiro atoms. The fourth-order valence-corrected chi connectivity index (χ4v) is 5.50. The minimum atomic E-state index is 0.130. The second-order valence-electron chi connectivity index (χ2n) is 8.82. The van der Waals surface area contributed by atoms with E-state index in [-0.39, 0.29) is 5.78 Å². The zero-order valence-corrected chi connectivity index (χ0v) is 20.5. The highest BCUT2D eigenvalue weighted by molar-refractivity contribution is 7.52. The number of aryl methyl sites for hydroxylation is 2. The van der Waals surface area contributed by atoms with Crippen LogP contribution in [0.3, 0.4) is 0 Å². The number of aldehydes is 1. The van der Waals surface area contributed by atoms with Crippen molar-refractivity contribution in [1.82, 2.24) is 19.2 Å². The van der Waals surface area contributed by atoms with Crippen molar-refractivity contribution < 1.29 is 4.79 Å². The van der Waals surface area contributed by atoms with Gasteiger partial charge in [0.15, 0.2) is 0 Å². The van der Waals surface area contributed by atoms with Crippen molar-refractivity contribution in [3.05, 3.63) is 65.0 Å². The molecular weight excluding hydrogens is 417 g/mol. The molecule has 6 nitrogen and oxygen atoms in total. The molecule has 4 rings (SSSR count). The number of fused-ring (bicyclic) bond motifs is 1. The first kappa shape index (κ1) is 22.6. The van der Waals surface area contributed by atoms with Crippen LogP contribution < -0.4 is 0 Å². The summed E-state index contributed by atoms with van der Waals surface area (Å²) in [5.74, 6) is 0.130. The largest absolute Gasteiger partial charge is 0.367 e. The van der Waals surface area contributed by atoms with Crippen LogP contribution >= 0.6 is 8.58 Å². The average Bonchev–Trinajstić information content (AvgIpc) is 3.19. The highest BCUT2D eigenvalue weighted by Gasteiger charge is 2.22. The van der Waals surface area contributed by atoms with Crippen LogP contribution in [0.2, 0.25) is 0 Å². The second kappa shape index (κ2) is 9.51. The maximum Gasteiger partial charge on any atom is 0.143 e. The van der Waals surface area contributed by atoms with Crippen LogP contribution in [0, 0.1) is 13.8 Å². The molecule has 2 atom stereocenters. The number of hydrogen-bond acceptors (Lipinski definition) is 5. The Morgan fingerprint density at radius 3 is 2.75 bits per heavy atom. The zero-order valence-electron chi connectivity index (χ0n) is 19.5. The summed E-state index contributed by atoms with van der Waals surface area (Å²) in [5.41, 5.74) is 6.49. The van der Waals surface area contributed by atoms with Crippen molar-refractivity contribution in [3.8, 4) is 0 Å². The number of carbonyl (C=O) groups is 1. The van der Waals surface area contributed by atoms with Gasteiger partial charge >= 0.3 is 0 Å². The quantitative estimate of drug-likeness (QED) is 0.373. The number of rotatable bonds is 6. The minimum Gasteiger partial charge on any atom is -0.367 e. The lowest BCUT2D eigenvalue weighted by Crippen LogP contribution is -2.35. The van der Waals surface area contributed by atoms with E-state index in [1.54, 1.807) is 6.08 Å². The molecule has 0 bridgehead atoms. The van der Waals surface area contributed by atoms with Gasteiger partial charge in [-0.2, -0.15) is 0 Å². The highest BCUT2D eigenvalue weighted by atomic mass is 31.1. The summed E-state index contributed by atoms with van der Waals surface area (Å²) in [5, 5.41) is 1.03. The molecule has 4 heterocycles. The lowest BCUT2D eigenvalue weighted by Gasteiger charge is -2.32. The van der Waals surface area contributed by atoms with Crippen molar-refractivity contribution in [2.45, 2.75) is 45.9 Å². The van der Waals surface area contributed by atoms with Crippen LogP contribution in [0.5, 0.6) is 0 Å². The van der Waals surface area contributed by atoms with E-state index in [2.05, 4.69) is 64.6 Å². The minimum absolute atomic E-state index is 0.130. The molecule has 0 fully saturated rings. The van der Waals surface area contributed by atoms with Crippen LogP contribution in [-0.2, 0) is 4.79 Å². The van der Waals surface area contributed by atoms with Gasteiger partial charge in [0, 0.05) is 56.6 Å². The molecule has 2 aromatic heterocycles. The fraction of sp³-hybridized carbons (Fsp3) is 0.400.